The van der Waals surface area contributed by atoms with Crippen LogP contribution < -0.4 is 0 Å². The third-order valence-corrected chi connectivity index (χ3v) is 2.91. The van der Waals surface area contributed by atoms with Crippen molar-refractivity contribution in [2.45, 2.75) is 6.17 Å². The molecule has 2 aromatic rings. The topological polar surface area (TPSA) is 50.2 Å². The largest absolute Gasteiger partial charge is 0.476 e. The van der Waals surface area contributed by atoms with E-state index in [9.17, 15) is 9.18 Å². The molecule has 0 aliphatic rings. The Bertz CT molecular complexity index is 498. The molecule has 0 spiro atoms. The first kappa shape index (κ1) is 10.8. The fourth-order valence-electron chi connectivity index (χ4n) is 1.29. The molecular formula is C11H8FNO2S. The van der Waals surface area contributed by atoms with Gasteiger partial charge < -0.3 is 5.11 Å². The highest BCUT2D eigenvalue weighted by atomic mass is 32.1. The lowest BCUT2D eigenvalue weighted by Gasteiger charge is -2.04. The van der Waals surface area contributed by atoms with Crippen molar-refractivity contribution >= 4 is 17.3 Å². The molecule has 0 radical (unpaired) electrons. The lowest BCUT2D eigenvalue weighted by Crippen LogP contribution is -1.98. The smallest absolute Gasteiger partial charge is 0.365 e. The maximum absolute atomic E-state index is 13.9. The van der Waals surface area contributed by atoms with Crippen LogP contribution >= 0.6 is 11.3 Å². The number of carbonyl (C=O) groups is 1. The van der Waals surface area contributed by atoms with E-state index in [-0.39, 0.29) is 10.7 Å². The van der Waals surface area contributed by atoms with Crippen LogP contribution in [0.4, 0.5) is 4.39 Å². The van der Waals surface area contributed by atoms with Gasteiger partial charge in [0.1, 0.15) is 0 Å². The van der Waals surface area contributed by atoms with Crippen LogP contribution in [-0.2, 0) is 0 Å². The number of benzene rings is 1. The Balaban J connectivity index is 2.27. The molecule has 0 bridgehead atoms. The van der Waals surface area contributed by atoms with Crippen LogP contribution in [0, 0.1) is 0 Å². The summed E-state index contributed by atoms with van der Waals surface area (Å²) in [6.45, 7) is 0. The summed E-state index contributed by atoms with van der Waals surface area (Å²) in [4.78, 5) is 14.3. The molecule has 0 unspecified atom stereocenters. The van der Waals surface area contributed by atoms with Gasteiger partial charge in [-0.1, -0.05) is 30.3 Å². The van der Waals surface area contributed by atoms with E-state index in [4.69, 9.17) is 5.11 Å². The minimum Gasteiger partial charge on any atom is -0.476 e. The molecule has 3 nitrogen and oxygen atoms in total. The summed E-state index contributed by atoms with van der Waals surface area (Å²) in [6, 6.07) is 8.54. The van der Waals surface area contributed by atoms with Crippen molar-refractivity contribution in [1.82, 2.24) is 4.98 Å². The van der Waals surface area contributed by atoms with Crippen molar-refractivity contribution < 1.29 is 14.3 Å². The fourth-order valence-corrected chi connectivity index (χ4v) is 1.96. The minimum atomic E-state index is -1.37. The molecule has 5 heteroatoms. The number of alkyl halides is 1. The molecule has 1 N–H and O–H groups in total. The molecule has 0 amide bonds. The second-order valence-corrected chi connectivity index (χ2v) is 4.01. The third-order valence-electron chi connectivity index (χ3n) is 2.06. The van der Waals surface area contributed by atoms with Gasteiger partial charge in [0.25, 0.3) is 0 Å². The van der Waals surface area contributed by atoms with Gasteiger partial charge in [-0.25, -0.2) is 14.2 Å². The average molecular weight is 237 g/mol. The number of nitrogens with zero attached hydrogens (tertiary/aromatic N) is 1. The molecule has 2 rings (SSSR count). The van der Waals surface area contributed by atoms with Gasteiger partial charge in [-0.2, -0.15) is 0 Å². The quantitative estimate of drug-likeness (QED) is 0.892. The first-order chi connectivity index (χ1) is 7.68. The van der Waals surface area contributed by atoms with E-state index in [0.29, 0.717) is 5.56 Å². The Labute approximate surface area is 95.2 Å². The van der Waals surface area contributed by atoms with Crippen molar-refractivity contribution in [1.29, 1.82) is 0 Å². The monoisotopic (exact) mass is 237 g/mol. The molecule has 0 aliphatic carbocycles. The maximum Gasteiger partial charge on any atom is 0.365 e. The number of carboxylic acids is 1. The highest BCUT2D eigenvalue weighted by Gasteiger charge is 2.18. The van der Waals surface area contributed by atoms with Crippen molar-refractivity contribution in [3.8, 4) is 0 Å². The normalized spacial score (nSPS) is 12.3. The average Bonchev–Trinajstić information content (AvgIpc) is 2.78. The van der Waals surface area contributed by atoms with Gasteiger partial charge in [-0.15, -0.1) is 11.3 Å². The molecule has 1 aromatic carbocycles. The van der Waals surface area contributed by atoms with E-state index >= 15 is 0 Å². The maximum atomic E-state index is 13.9. The number of aromatic carboxylic acids is 1. The summed E-state index contributed by atoms with van der Waals surface area (Å²) in [5.41, 5.74) is 0.623. The fraction of sp³-hybridized carbons (Fsp3) is 0.0909. The van der Waals surface area contributed by atoms with Gasteiger partial charge in [-0.3, -0.25) is 0 Å². The predicted octanol–water partition coefficient (Wildman–Crippen LogP) is 2.90. The van der Waals surface area contributed by atoms with Crippen LogP contribution in [0.2, 0.25) is 0 Å². The molecule has 0 saturated heterocycles. The minimum absolute atomic E-state index is 0.0893. The van der Waals surface area contributed by atoms with Crippen molar-refractivity contribution in [3.05, 3.63) is 52.0 Å². The third kappa shape index (κ3) is 2.09. The number of hydrogen-bond acceptors (Lipinski definition) is 3. The van der Waals surface area contributed by atoms with Gasteiger partial charge in [0.15, 0.2) is 6.17 Å². The lowest BCUT2D eigenvalue weighted by atomic mass is 10.1. The lowest BCUT2D eigenvalue weighted by molar-refractivity contribution is 0.0696. The molecule has 82 valence electrons. The molecule has 1 aromatic heterocycles. The van der Waals surface area contributed by atoms with Gasteiger partial charge in [-0.05, 0) is 5.56 Å². The van der Waals surface area contributed by atoms with Gasteiger partial charge >= 0.3 is 5.97 Å². The van der Waals surface area contributed by atoms with Crippen molar-refractivity contribution in [3.63, 3.8) is 0 Å². The molecule has 0 fully saturated rings. The number of carboxylic acid groups (broad SMARTS) is 1. The molecule has 1 atom stereocenters. The summed E-state index contributed by atoms with van der Waals surface area (Å²) in [6.07, 6.45) is -1.37. The van der Waals surface area contributed by atoms with Gasteiger partial charge in [0.05, 0.1) is 5.69 Å². The Hall–Kier alpha value is -1.75. The van der Waals surface area contributed by atoms with Crippen LogP contribution in [0.5, 0.6) is 0 Å². The van der Waals surface area contributed by atoms with Gasteiger partial charge in [0.2, 0.25) is 5.01 Å². The Morgan fingerprint density at radius 1 is 1.38 bits per heavy atom. The number of rotatable bonds is 3. The van der Waals surface area contributed by atoms with Crippen LogP contribution in [0.15, 0.2) is 35.7 Å². The first-order valence-corrected chi connectivity index (χ1v) is 5.44. The zero-order chi connectivity index (χ0) is 11.5. The van der Waals surface area contributed by atoms with E-state index in [2.05, 4.69) is 4.98 Å². The number of aromatic nitrogens is 1. The number of halogens is 1. The molecule has 0 saturated carbocycles. The van der Waals surface area contributed by atoms with Crippen molar-refractivity contribution in [2.24, 2.45) is 0 Å². The first-order valence-electron chi connectivity index (χ1n) is 4.56. The zero-order valence-corrected chi connectivity index (χ0v) is 8.95. The van der Waals surface area contributed by atoms with Crippen LogP contribution in [0.25, 0.3) is 0 Å². The molecular weight excluding hydrogens is 229 g/mol. The summed E-state index contributed by atoms with van der Waals surface area (Å²) in [7, 11) is 0. The summed E-state index contributed by atoms with van der Waals surface area (Å²) >= 11 is 0.930. The van der Waals surface area contributed by atoms with E-state index in [1.54, 1.807) is 30.3 Å². The summed E-state index contributed by atoms with van der Waals surface area (Å²) in [5.74, 6) is -1.13. The highest BCUT2D eigenvalue weighted by Crippen LogP contribution is 2.26. The Morgan fingerprint density at radius 2 is 2.06 bits per heavy atom. The second-order valence-electron chi connectivity index (χ2n) is 3.16. The van der Waals surface area contributed by atoms with Gasteiger partial charge in [0, 0.05) is 5.38 Å². The van der Waals surface area contributed by atoms with E-state index < -0.39 is 12.1 Å². The van der Waals surface area contributed by atoms with Crippen LogP contribution in [0.3, 0.4) is 0 Å². The predicted molar refractivity (Wildman–Crippen MR) is 58.5 cm³/mol. The SMILES string of the molecule is O=C(O)c1nc([C@@H](F)c2ccccc2)cs1. The van der Waals surface area contributed by atoms with Crippen LogP contribution in [0.1, 0.15) is 27.2 Å². The van der Waals surface area contributed by atoms with E-state index in [1.165, 1.54) is 5.38 Å². The molecule has 0 aliphatic heterocycles. The van der Waals surface area contributed by atoms with Crippen molar-refractivity contribution in [2.75, 3.05) is 0 Å². The highest BCUT2D eigenvalue weighted by molar-refractivity contribution is 7.11. The Kier molecular flexibility index (Phi) is 2.96. The molecule has 16 heavy (non-hydrogen) atoms. The number of thiazole rings is 1. The summed E-state index contributed by atoms with van der Waals surface area (Å²) in [5, 5.41) is 10.0. The standard InChI is InChI=1S/C11H8FNO2S/c12-9(7-4-2-1-3-5-7)8-6-16-10(13-8)11(14)15/h1-6,9H,(H,14,15)/t9-/m0/s1. The number of hydrogen-bond donors (Lipinski definition) is 1. The molecule has 1 heterocycles. The van der Waals surface area contributed by atoms with E-state index in [1.807, 2.05) is 0 Å². The Morgan fingerprint density at radius 3 is 2.62 bits per heavy atom. The van der Waals surface area contributed by atoms with Crippen LogP contribution in [-0.4, -0.2) is 16.1 Å². The van der Waals surface area contributed by atoms with E-state index in [0.717, 1.165) is 11.3 Å². The zero-order valence-electron chi connectivity index (χ0n) is 8.13. The summed E-state index contributed by atoms with van der Waals surface area (Å²) < 4.78 is 13.9. The second kappa shape index (κ2) is 4.40.